The Balaban J connectivity index is 1.99. The largest absolute Gasteiger partial charge is 0.445 e. The number of aryl methyl sites for hydroxylation is 1. The number of alkyl halides is 3. The molecule has 1 fully saturated rings. The summed E-state index contributed by atoms with van der Waals surface area (Å²) in [5.41, 5.74) is 6.86. The molecule has 9 nitrogen and oxygen atoms in total. The normalized spacial score (nSPS) is 18.3. The van der Waals surface area contributed by atoms with Gasteiger partial charge in [0.05, 0.1) is 19.0 Å². The molecule has 1 aliphatic heterocycles. The first-order valence-electron chi connectivity index (χ1n) is 10.7. The zero-order chi connectivity index (χ0) is 24.5. The average Bonchev–Trinajstić information content (AvgIpc) is 3.16. The fraction of sp³-hybridized carbons (Fsp3) is 0.667. The molecule has 33 heavy (non-hydrogen) atoms. The third-order valence-electron chi connectivity index (χ3n) is 4.60. The molecule has 0 spiro atoms. The SMILES string of the molecule is CC(C)(C)C(N)=CC(=Nc1cnn(CCCOC2CCCCO2)c1)NC(=O)OCC(Cl)(Cl)Cl. The van der Waals surface area contributed by atoms with Crippen LogP contribution in [-0.4, -0.2) is 51.6 Å². The highest BCUT2D eigenvalue weighted by Gasteiger charge is 2.23. The van der Waals surface area contributed by atoms with Gasteiger partial charge < -0.3 is 19.9 Å². The fourth-order valence-electron chi connectivity index (χ4n) is 2.70. The summed E-state index contributed by atoms with van der Waals surface area (Å²) in [6, 6.07) is 0. The van der Waals surface area contributed by atoms with Crippen LogP contribution in [0.3, 0.4) is 0 Å². The van der Waals surface area contributed by atoms with Crippen LogP contribution in [0.1, 0.15) is 46.5 Å². The van der Waals surface area contributed by atoms with Gasteiger partial charge in [-0.25, -0.2) is 9.79 Å². The van der Waals surface area contributed by atoms with Crippen molar-refractivity contribution in [3.63, 3.8) is 0 Å². The van der Waals surface area contributed by atoms with Gasteiger partial charge in [0.1, 0.15) is 18.1 Å². The minimum absolute atomic E-state index is 0.105. The van der Waals surface area contributed by atoms with E-state index in [0.29, 0.717) is 24.5 Å². The Kier molecular flexibility index (Phi) is 10.8. The number of halogens is 3. The van der Waals surface area contributed by atoms with Crippen molar-refractivity contribution >= 4 is 52.4 Å². The molecule has 1 atom stereocenters. The summed E-state index contributed by atoms with van der Waals surface area (Å²) in [6.07, 6.45) is 7.90. The number of hydrogen-bond acceptors (Lipinski definition) is 7. The first-order valence-corrected chi connectivity index (χ1v) is 11.9. The zero-order valence-corrected chi connectivity index (χ0v) is 21.4. The van der Waals surface area contributed by atoms with E-state index >= 15 is 0 Å². The van der Waals surface area contributed by atoms with Crippen LogP contribution in [0.4, 0.5) is 10.5 Å². The Hall–Kier alpha value is -1.52. The van der Waals surface area contributed by atoms with Crippen molar-refractivity contribution in [2.45, 2.75) is 63.1 Å². The van der Waals surface area contributed by atoms with Crippen molar-refractivity contribution in [1.82, 2.24) is 15.1 Å². The molecule has 1 aliphatic rings. The van der Waals surface area contributed by atoms with Crippen molar-refractivity contribution in [3.8, 4) is 0 Å². The maximum absolute atomic E-state index is 12.1. The molecule has 0 aromatic carbocycles. The Morgan fingerprint density at radius 3 is 2.79 bits per heavy atom. The Bertz CT molecular complexity index is 825. The second-order valence-electron chi connectivity index (χ2n) is 8.65. The number of nitrogens with zero attached hydrogens (tertiary/aromatic N) is 3. The molecule has 1 amide bonds. The second-order valence-corrected chi connectivity index (χ2v) is 11.2. The summed E-state index contributed by atoms with van der Waals surface area (Å²) in [5.74, 6) is 0.175. The van der Waals surface area contributed by atoms with Crippen molar-refractivity contribution in [2.24, 2.45) is 16.1 Å². The molecule has 1 aromatic rings. The number of carbonyl (C=O) groups is 1. The summed E-state index contributed by atoms with van der Waals surface area (Å²) >= 11 is 16.9. The molecule has 2 rings (SSSR count). The van der Waals surface area contributed by atoms with Gasteiger partial charge in [-0.3, -0.25) is 10.00 Å². The molecule has 0 bridgehead atoms. The first kappa shape index (κ1) is 27.7. The van der Waals surface area contributed by atoms with Crippen LogP contribution in [-0.2, 0) is 20.8 Å². The number of nitrogens with one attached hydrogen (secondary N) is 1. The Morgan fingerprint density at radius 1 is 1.39 bits per heavy atom. The molecule has 186 valence electrons. The van der Waals surface area contributed by atoms with E-state index in [1.807, 2.05) is 20.8 Å². The van der Waals surface area contributed by atoms with Gasteiger partial charge in [0.25, 0.3) is 0 Å². The molecular weight excluding hydrogens is 493 g/mol. The van der Waals surface area contributed by atoms with E-state index in [2.05, 4.69) is 15.4 Å². The summed E-state index contributed by atoms with van der Waals surface area (Å²) in [4.78, 5) is 16.6. The molecule has 0 aliphatic carbocycles. The van der Waals surface area contributed by atoms with Crippen LogP contribution in [0, 0.1) is 5.41 Å². The van der Waals surface area contributed by atoms with Gasteiger partial charge >= 0.3 is 6.09 Å². The lowest BCUT2D eigenvalue weighted by atomic mass is 9.92. The molecule has 12 heteroatoms. The maximum Gasteiger partial charge on any atom is 0.412 e. The third kappa shape index (κ3) is 11.4. The van der Waals surface area contributed by atoms with Crippen LogP contribution in [0.15, 0.2) is 29.2 Å². The number of amidine groups is 1. The first-order chi connectivity index (χ1) is 15.4. The molecule has 3 N–H and O–H groups in total. The van der Waals surface area contributed by atoms with Crippen LogP contribution in [0.5, 0.6) is 0 Å². The summed E-state index contributed by atoms with van der Waals surface area (Å²) in [6.45, 7) is 7.39. The van der Waals surface area contributed by atoms with Crippen LogP contribution in [0.2, 0.25) is 0 Å². The van der Waals surface area contributed by atoms with Crippen molar-refractivity contribution < 1.29 is 19.0 Å². The smallest absolute Gasteiger partial charge is 0.412 e. The van der Waals surface area contributed by atoms with Crippen LogP contribution in [0.25, 0.3) is 0 Å². The molecule has 1 saturated heterocycles. The summed E-state index contributed by atoms with van der Waals surface area (Å²) < 4.78 is 16.2. The minimum Gasteiger partial charge on any atom is -0.445 e. The van der Waals surface area contributed by atoms with Gasteiger partial charge in [0.15, 0.2) is 6.29 Å². The fourth-order valence-corrected chi connectivity index (χ4v) is 2.87. The number of amides is 1. The van der Waals surface area contributed by atoms with E-state index in [0.717, 1.165) is 32.3 Å². The highest BCUT2D eigenvalue weighted by atomic mass is 35.6. The number of allylic oxidation sites excluding steroid dienone is 1. The Labute approximate surface area is 209 Å². The molecular formula is C21H32Cl3N5O4. The molecule has 0 saturated carbocycles. The van der Waals surface area contributed by atoms with E-state index in [4.69, 9.17) is 54.7 Å². The van der Waals surface area contributed by atoms with E-state index < -0.39 is 16.5 Å². The van der Waals surface area contributed by atoms with Gasteiger partial charge in [-0.2, -0.15) is 5.10 Å². The third-order valence-corrected chi connectivity index (χ3v) is 4.92. The van der Waals surface area contributed by atoms with E-state index in [1.165, 1.54) is 0 Å². The predicted octanol–water partition coefficient (Wildman–Crippen LogP) is 4.83. The number of nitrogens with two attached hydrogens (primary N) is 1. The van der Waals surface area contributed by atoms with Crippen molar-refractivity contribution in [2.75, 3.05) is 19.8 Å². The highest BCUT2D eigenvalue weighted by Crippen LogP contribution is 2.26. The maximum atomic E-state index is 12.1. The summed E-state index contributed by atoms with van der Waals surface area (Å²) in [7, 11) is 0. The van der Waals surface area contributed by atoms with Crippen molar-refractivity contribution in [1.29, 1.82) is 0 Å². The van der Waals surface area contributed by atoms with Gasteiger partial charge in [-0.1, -0.05) is 55.6 Å². The topological polar surface area (TPSA) is 113 Å². The molecule has 0 radical (unpaired) electrons. The lowest BCUT2D eigenvalue weighted by Gasteiger charge is -2.22. The Morgan fingerprint density at radius 2 is 2.15 bits per heavy atom. The van der Waals surface area contributed by atoms with Crippen LogP contribution < -0.4 is 11.1 Å². The van der Waals surface area contributed by atoms with E-state index in [-0.39, 0.29) is 17.5 Å². The number of ether oxygens (including phenoxy) is 3. The van der Waals surface area contributed by atoms with Crippen molar-refractivity contribution in [3.05, 3.63) is 24.2 Å². The monoisotopic (exact) mass is 523 g/mol. The lowest BCUT2D eigenvalue weighted by molar-refractivity contribution is -0.163. The number of hydrogen-bond donors (Lipinski definition) is 2. The molecule has 1 unspecified atom stereocenters. The number of aromatic nitrogens is 2. The standard InChI is InChI=1S/C21H32Cl3N5O4/c1-20(2,3)16(25)11-17(28-19(30)33-14-21(22,23)24)27-15-12-26-29(13-15)8-6-10-32-18-7-4-5-9-31-18/h11-13,18H,4-10,14,25H2,1-3H3,(H,27,28,30). The quantitative estimate of drug-likeness (QED) is 0.218. The summed E-state index contributed by atoms with van der Waals surface area (Å²) in [5, 5.41) is 6.83. The molecule has 1 aromatic heterocycles. The minimum atomic E-state index is -1.72. The highest BCUT2D eigenvalue weighted by molar-refractivity contribution is 6.67. The lowest BCUT2D eigenvalue weighted by Crippen LogP contribution is -2.33. The van der Waals surface area contributed by atoms with Gasteiger partial charge in [-0.05, 0) is 25.7 Å². The number of rotatable bonds is 8. The van der Waals surface area contributed by atoms with E-state index in [1.54, 1.807) is 23.2 Å². The van der Waals surface area contributed by atoms with Gasteiger partial charge in [0.2, 0.25) is 3.79 Å². The zero-order valence-electron chi connectivity index (χ0n) is 19.2. The van der Waals surface area contributed by atoms with Crippen LogP contribution >= 0.6 is 34.8 Å². The number of carbonyl (C=O) groups excluding carboxylic acids is 1. The van der Waals surface area contributed by atoms with Gasteiger partial charge in [0, 0.05) is 30.3 Å². The number of alkyl carbamates (subject to hydrolysis) is 1. The second kappa shape index (κ2) is 12.8. The number of aliphatic imine (C=N–C) groups is 1. The molecule has 2 heterocycles. The van der Waals surface area contributed by atoms with Gasteiger partial charge in [-0.15, -0.1) is 0 Å². The average molecular weight is 525 g/mol. The van der Waals surface area contributed by atoms with E-state index in [9.17, 15) is 4.79 Å². The predicted molar refractivity (Wildman–Crippen MR) is 130 cm³/mol.